The van der Waals surface area contributed by atoms with E-state index < -0.39 is 0 Å². The van der Waals surface area contributed by atoms with E-state index in [1.807, 2.05) is 31.2 Å². The van der Waals surface area contributed by atoms with Gasteiger partial charge in [-0.2, -0.15) is 5.10 Å². The molecule has 0 atom stereocenters. The smallest absolute Gasteiger partial charge is 0.211 e. The second kappa shape index (κ2) is 8.01. The minimum Gasteiger partial charge on any atom is -0.369 e. The molecule has 5 N–H and O–H groups in total. The van der Waals surface area contributed by atoms with E-state index >= 15 is 0 Å². The third kappa shape index (κ3) is 4.71. The van der Waals surface area contributed by atoms with E-state index in [9.17, 15) is 0 Å². The number of aromatic nitrogens is 1. The lowest BCUT2D eigenvalue weighted by molar-refractivity contribution is 1.20. The standard InChI is InChI=1S/C20H22N6S/c1-12-4-6-16(7-5-12)18-14(3)27-20(24-18)23-17-10-8-15(9-11-17)13(2)25-26-19(21)22/h4-11H,1-3H3,(H,23,24)(H4,21,22,26). The first-order valence-corrected chi connectivity index (χ1v) is 9.29. The van der Waals surface area contributed by atoms with Crippen molar-refractivity contribution in [2.75, 3.05) is 5.32 Å². The van der Waals surface area contributed by atoms with Gasteiger partial charge in [0, 0.05) is 16.1 Å². The van der Waals surface area contributed by atoms with E-state index in [4.69, 9.17) is 16.5 Å². The normalized spacial score (nSPS) is 11.3. The number of nitrogens with zero attached hydrogens (tertiary/aromatic N) is 3. The molecule has 1 aromatic heterocycles. The van der Waals surface area contributed by atoms with Crippen molar-refractivity contribution in [1.29, 1.82) is 0 Å². The SMILES string of the molecule is CC(=NN=C(N)N)c1ccc(Nc2nc(-c3ccc(C)cc3)c(C)s2)cc1. The Kier molecular flexibility index (Phi) is 5.52. The van der Waals surface area contributed by atoms with Gasteiger partial charge in [-0.1, -0.05) is 42.0 Å². The lowest BCUT2D eigenvalue weighted by Gasteiger charge is -2.04. The lowest BCUT2D eigenvalue weighted by Crippen LogP contribution is -2.22. The number of hydrogen-bond donors (Lipinski definition) is 3. The summed E-state index contributed by atoms with van der Waals surface area (Å²) < 4.78 is 0. The molecule has 0 aliphatic heterocycles. The summed E-state index contributed by atoms with van der Waals surface area (Å²) in [5.41, 5.74) is 16.6. The number of aryl methyl sites for hydroxylation is 2. The van der Waals surface area contributed by atoms with Crippen LogP contribution in [0.25, 0.3) is 11.3 Å². The number of nitrogens with two attached hydrogens (primary N) is 2. The molecular formula is C20H22N6S. The molecule has 0 radical (unpaired) electrons. The van der Waals surface area contributed by atoms with Crippen molar-refractivity contribution in [2.24, 2.45) is 21.7 Å². The predicted octanol–water partition coefficient (Wildman–Crippen LogP) is 4.17. The molecule has 3 rings (SSSR count). The quantitative estimate of drug-likeness (QED) is 0.352. The van der Waals surface area contributed by atoms with Crippen LogP contribution in [-0.4, -0.2) is 16.7 Å². The lowest BCUT2D eigenvalue weighted by atomic mass is 10.1. The van der Waals surface area contributed by atoms with Gasteiger partial charge in [0.1, 0.15) is 0 Å². The summed E-state index contributed by atoms with van der Waals surface area (Å²) in [4.78, 5) is 5.93. The Hall–Kier alpha value is -3.19. The Morgan fingerprint density at radius 2 is 1.63 bits per heavy atom. The van der Waals surface area contributed by atoms with E-state index in [0.717, 1.165) is 33.4 Å². The van der Waals surface area contributed by atoms with Gasteiger partial charge in [-0.3, -0.25) is 0 Å². The number of guanidine groups is 1. The van der Waals surface area contributed by atoms with Crippen molar-refractivity contribution in [2.45, 2.75) is 20.8 Å². The molecule has 27 heavy (non-hydrogen) atoms. The third-order valence-corrected chi connectivity index (χ3v) is 4.88. The number of anilines is 2. The molecule has 0 aliphatic carbocycles. The molecule has 0 amide bonds. The van der Waals surface area contributed by atoms with E-state index in [0.29, 0.717) is 0 Å². The van der Waals surface area contributed by atoms with Crippen LogP contribution in [0.4, 0.5) is 10.8 Å². The summed E-state index contributed by atoms with van der Waals surface area (Å²) in [6, 6.07) is 16.3. The summed E-state index contributed by atoms with van der Waals surface area (Å²) >= 11 is 1.64. The van der Waals surface area contributed by atoms with Crippen molar-refractivity contribution in [3.63, 3.8) is 0 Å². The van der Waals surface area contributed by atoms with Gasteiger partial charge in [0.2, 0.25) is 5.96 Å². The summed E-state index contributed by atoms with van der Waals surface area (Å²) in [7, 11) is 0. The highest BCUT2D eigenvalue weighted by molar-refractivity contribution is 7.16. The molecule has 0 saturated heterocycles. The van der Waals surface area contributed by atoms with Crippen molar-refractivity contribution >= 4 is 33.8 Å². The maximum Gasteiger partial charge on any atom is 0.211 e. The van der Waals surface area contributed by atoms with Gasteiger partial charge in [0.15, 0.2) is 5.13 Å². The minimum atomic E-state index is -0.0591. The molecule has 0 bridgehead atoms. The monoisotopic (exact) mass is 378 g/mol. The second-order valence-electron chi connectivity index (χ2n) is 6.20. The van der Waals surface area contributed by atoms with E-state index in [-0.39, 0.29) is 5.96 Å². The minimum absolute atomic E-state index is 0.0591. The third-order valence-electron chi connectivity index (χ3n) is 3.99. The van der Waals surface area contributed by atoms with Crippen LogP contribution < -0.4 is 16.8 Å². The first kappa shape index (κ1) is 18.6. The topological polar surface area (TPSA) is 102 Å². The summed E-state index contributed by atoms with van der Waals surface area (Å²) in [5.74, 6) is -0.0591. The van der Waals surface area contributed by atoms with Crippen LogP contribution in [0.2, 0.25) is 0 Å². The van der Waals surface area contributed by atoms with Crippen molar-refractivity contribution in [3.8, 4) is 11.3 Å². The van der Waals surface area contributed by atoms with Crippen molar-refractivity contribution in [1.82, 2.24) is 4.98 Å². The highest BCUT2D eigenvalue weighted by atomic mass is 32.1. The zero-order valence-corrected chi connectivity index (χ0v) is 16.3. The highest BCUT2D eigenvalue weighted by Crippen LogP contribution is 2.32. The number of rotatable bonds is 5. The molecule has 6 nitrogen and oxygen atoms in total. The van der Waals surface area contributed by atoms with Crippen LogP contribution in [0.15, 0.2) is 58.7 Å². The van der Waals surface area contributed by atoms with Gasteiger partial charge in [-0.25, -0.2) is 4.98 Å². The fourth-order valence-electron chi connectivity index (χ4n) is 2.54. The zero-order valence-electron chi connectivity index (χ0n) is 15.5. The fraction of sp³-hybridized carbons (Fsp3) is 0.150. The van der Waals surface area contributed by atoms with E-state index in [1.54, 1.807) is 11.3 Å². The molecule has 138 valence electrons. The van der Waals surface area contributed by atoms with E-state index in [1.165, 1.54) is 10.4 Å². The van der Waals surface area contributed by atoms with E-state index in [2.05, 4.69) is 53.6 Å². The molecule has 0 spiro atoms. The number of hydrogen-bond acceptors (Lipinski definition) is 5. The van der Waals surface area contributed by atoms with Crippen LogP contribution in [0, 0.1) is 13.8 Å². The number of nitrogens with one attached hydrogen (secondary N) is 1. The van der Waals surface area contributed by atoms with Gasteiger partial charge in [-0.05, 0) is 38.5 Å². The summed E-state index contributed by atoms with van der Waals surface area (Å²) in [6.07, 6.45) is 0. The predicted molar refractivity (Wildman–Crippen MR) is 115 cm³/mol. The first-order valence-electron chi connectivity index (χ1n) is 8.47. The number of benzene rings is 2. The molecule has 0 saturated carbocycles. The van der Waals surface area contributed by atoms with Crippen molar-refractivity contribution in [3.05, 3.63) is 64.5 Å². The van der Waals surface area contributed by atoms with Crippen LogP contribution >= 0.6 is 11.3 Å². The molecule has 1 heterocycles. The second-order valence-corrected chi connectivity index (χ2v) is 7.41. The maximum atomic E-state index is 5.30. The zero-order chi connectivity index (χ0) is 19.4. The van der Waals surface area contributed by atoms with Gasteiger partial charge in [0.05, 0.1) is 11.4 Å². The number of thiazole rings is 1. The fourth-order valence-corrected chi connectivity index (χ4v) is 3.39. The Morgan fingerprint density at radius 3 is 2.26 bits per heavy atom. The Bertz CT molecular complexity index is 980. The Morgan fingerprint density at radius 1 is 0.963 bits per heavy atom. The molecular weight excluding hydrogens is 356 g/mol. The van der Waals surface area contributed by atoms with Gasteiger partial charge >= 0.3 is 0 Å². The Balaban J connectivity index is 1.76. The van der Waals surface area contributed by atoms with Crippen molar-refractivity contribution < 1.29 is 0 Å². The maximum absolute atomic E-state index is 5.30. The molecule has 3 aromatic rings. The van der Waals surface area contributed by atoms with Crippen LogP contribution in [-0.2, 0) is 0 Å². The average molecular weight is 379 g/mol. The van der Waals surface area contributed by atoms with Gasteiger partial charge < -0.3 is 16.8 Å². The molecule has 0 unspecified atom stereocenters. The van der Waals surface area contributed by atoms with Crippen LogP contribution in [0.5, 0.6) is 0 Å². The first-order chi connectivity index (χ1) is 12.9. The molecule has 2 aromatic carbocycles. The van der Waals surface area contributed by atoms with Gasteiger partial charge in [0.25, 0.3) is 0 Å². The average Bonchev–Trinajstić information content (AvgIpc) is 3.01. The Labute approximate surface area is 162 Å². The van der Waals surface area contributed by atoms with Crippen LogP contribution in [0.3, 0.4) is 0 Å². The highest BCUT2D eigenvalue weighted by Gasteiger charge is 2.10. The molecule has 0 aliphatic rings. The molecule has 7 heteroatoms. The van der Waals surface area contributed by atoms with Gasteiger partial charge in [-0.15, -0.1) is 16.4 Å². The largest absolute Gasteiger partial charge is 0.369 e. The summed E-state index contributed by atoms with van der Waals surface area (Å²) in [6.45, 7) is 6.02. The molecule has 0 fully saturated rings. The van der Waals surface area contributed by atoms with Crippen LogP contribution in [0.1, 0.15) is 22.9 Å². The summed E-state index contributed by atoms with van der Waals surface area (Å²) in [5, 5.41) is 11.9.